The van der Waals surface area contributed by atoms with Gasteiger partial charge >= 0.3 is 5.97 Å². The van der Waals surface area contributed by atoms with Crippen LogP contribution in [0.15, 0.2) is 53.0 Å². The molecule has 6 nitrogen and oxygen atoms in total. The van der Waals surface area contributed by atoms with Gasteiger partial charge in [0.15, 0.2) is 0 Å². The number of esters is 1. The monoisotopic (exact) mass is 418 g/mol. The number of carbonyl (C=O) groups is 3. The molecule has 0 aromatic heterocycles. The summed E-state index contributed by atoms with van der Waals surface area (Å²) < 4.78 is 6.01. The van der Waals surface area contributed by atoms with Crippen LogP contribution in [0.1, 0.15) is 21.5 Å². The summed E-state index contributed by atoms with van der Waals surface area (Å²) in [5, 5.41) is 4.91. The van der Waals surface area contributed by atoms with Crippen LogP contribution in [0.25, 0.3) is 0 Å². The Kier molecular flexibility index (Phi) is 7.35. The van der Waals surface area contributed by atoms with E-state index in [-0.39, 0.29) is 25.6 Å². The predicted octanol–water partition coefficient (Wildman–Crippen LogP) is 2.35. The number of nitrogens with one attached hydrogen (secondary N) is 2. The fourth-order valence-electron chi connectivity index (χ4n) is 2.00. The highest BCUT2D eigenvalue weighted by Gasteiger charge is 2.10. The SMILES string of the molecule is Cc1ccc(C(=O)NCC(=O)NCC(=O)OCc2ccc(Br)cc2)cc1. The van der Waals surface area contributed by atoms with Crippen LogP contribution in [0.2, 0.25) is 0 Å². The molecule has 0 aliphatic carbocycles. The third-order valence-corrected chi connectivity index (χ3v) is 3.99. The predicted molar refractivity (Wildman–Crippen MR) is 100 cm³/mol. The minimum absolute atomic E-state index is 0.131. The Balaban J connectivity index is 1.66. The zero-order valence-electron chi connectivity index (χ0n) is 14.3. The van der Waals surface area contributed by atoms with E-state index in [0.717, 1.165) is 15.6 Å². The molecule has 0 spiro atoms. The molecule has 0 bridgehead atoms. The molecule has 0 aliphatic rings. The van der Waals surface area contributed by atoms with Crippen LogP contribution in [-0.4, -0.2) is 30.9 Å². The summed E-state index contributed by atoms with van der Waals surface area (Å²) in [5.41, 5.74) is 2.36. The molecule has 0 saturated heterocycles. The second-order valence-electron chi connectivity index (χ2n) is 5.61. The first-order valence-corrected chi connectivity index (χ1v) is 8.75. The summed E-state index contributed by atoms with van der Waals surface area (Å²) in [5.74, 6) is -1.37. The molecule has 0 fully saturated rings. The molecule has 0 atom stereocenters. The maximum atomic E-state index is 11.9. The lowest BCUT2D eigenvalue weighted by Gasteiger charge is -2.08. The van der Waals surface area contributed by atoms with Crippen molar-refractivity contribution in [1.82, 2.24) is 10.6 Å². The molecule has 2 aromatic carbocycles. The molecule has 2 N–H and O–H groups in total. The molecular formula is C19H19BrN2O4. The van der Waals surface area contributed by atoms with Gasteiger partial charge < -0.3 is 15.4 Å². The minimum Gasteiger partial charge on any atom is -0.460 e. The van der Waals surface area contributed by atoms with Gasteiger partial charge in [0.1, 0.15) is 13.2 Å². The van der Waals surface area contributed by atoms with E-state index in [1.54, 1.807) is 12.1 Å². The number of hydrogen-bond donors (Lipinski definition) is 2. The lowest BCUT2D eigenvalue weighted by Crippen LogP contribution is -2.39. The van der Waals surface area contributed by atoms with Gasteiger partial charge in [-0.05, 0) is 36.8 Å². The largest absolute Gasteiger partial charge is 0.460 e. The standard InChI is InChI=1S/C19H19BrN2O4/c1-13-2-6-15(7-3-13)19(25)22-10-17(23)21-11-18(24)26-12-14-4-8-16(20)9-5-14/h2-9H,10-12H2,1H3,(H,21,23)(H,22,25). The summed E-state index contributed by atoms with van der Waals surface area (Å²) in [4.78, 5) is 35.3. The molecule has 2 amide bonds. The van der Waals surface area contributed by atoms with Crippen molar-refractivity contribution in [3.05, 3.63) is 69.7 Å². The second kappa shape index (κ2) is 9.72. The average molecular weight is 419 g/mol. The number of aryl methyl sites for hydroxylation is 1. The maximum Gasteiger partial charge on any atom is 0.325 e. The highest BCUT2D eigenvalue weighted by atomic mass is 79.9. The quantitative estimate of drug-likeness (QED) is 0.675. The number of ether oxygens (including phenoxy) is 1. The summed E-state index contributed by atoms with van der Waals surface area (Å²) in [6.45, 7) is 1.58. The van der Waals surface area contributed by atoms with Crippen molar-refractivity contribution >= 4 is 33.7 Å². The Labute approximate surface area is 160 Å². The number of halogens is 1. The normalized spacial score (nSPS) is 10.1. The van der Waals surface area contributed by atoms with Crippen LogP contribution in [0, 0.1) is 6.92 Å². The van der Waals surface area contributed by atoms with E-state index in [0.29, 0.717) is 5.56 Å². The van der Waals surface area contributed by atoms with Crippen LogP contribution in [-0.2, 0) is 20.9 Å². The highest BCUT2D eigenvalue weighted by Crippen LogP contribution is 2.11. The highest BCUT2D eigenvalue weighted by molar-refractivity contribution is 9.10. The first-order valence-electron chi connectivity index (χ1n) is 7.95. The first-order chi connectivity index (χ1) is 12.4. The van der Waals surface area contributed by atoms with Gasteiger partial charge in [-0.1, -0.05) is 45.8 Å². The fourth-order valence-corrected chi connectivity index (χ4v) is 2.26. The number of hydrogen-bond acceptors (Lipinski definition) is 4. The molecule has 0 heterocycles. The molecule has 0 aliphatic heterocycles. The van der Waals surface area contributed by atoms with Gasteiger partial charge in [0.05, 0.1) is 6.54 Å². The van der Waals surface area contributed by atoms with Crippen molar-refractivity contribution in [3.8, 4) is 0 Å². The second-order valence-corrected chi connectivity index (χ2v) is 6.53. The molecule has 2 rings (SSSR count). The van der Waals surface area contributed by atoms with Crippen molar-refractivity contribution in [3.63, 3.8) is 0 Å². The fraction of sp³-hybridized carbons (Fsp3) is 0.211. The van der Waals surface area contributed by atoms with Gasteiger partial charge in [0.2, 0.25) is 5.91 Å². The van der Waals surface area contributed by atoms with E-state index in [1.807, 2.05) is 43.3 Å². The van der Waals surface area contributed by atoms with Crippen molar-refractivity contribution in [1.29, 1.82) is 0 Å². The number of carbonyl (C=O) groups excluding carboxylic acids is 3. The Bertz CT molecular complexity index is 773. The van der Waals surface area contributed by atoms with Gasteiger partial charge in [0.25, 0.3) is 5.91 Å². The molecule has 0 unspecified atom stereocenters. The number of amides is 2. The van der Waals surface area contributed by atoms with Crippen molar-refractivity contribution in [2.75, 3.05) is 13.1 Å². The van der Waals surface area contributed by atoms with Gasteiger partial charge in [0, 0.05) is 10.0 Å². The van der Waals surface area contributed by atoms with Gasteiger partial charge in [-0.2, -0.15) is 0 Å². The molecule has 26 heavy (non-hydrogen) atoms. The van der Waals surface area contributed by atoms with E-state index in [2.05, 4.69) is 26.6 Å². The molecule has 0 saturated carbocycles. The van der Waals surface area contributed by atoms with E-state index in [4.69, 9.17) is 4.74 Å². The van der Waals surface area contributed by atoms with Crippen molar-refractivity contribution in [2.45, 2.75) is 13.5 Å². The van der Waals surface area contributed by atoms with Crippen molar-refractivity contribution < 1.29 is 19.1 Å². The van der Waals surface area contributed by atoms with Crippen molar-refractivity contribution in [2.24, 2.45) is 0 Å². The summed E-state index contributed by atoms with van der Waals surface area (Å²) >= 11 is 3.32. The van der Waals surface area contributed by atoms with E-state index >= 15 is 0 Å². The zero-order chi connectivity index (χ0) is 18.9. The third kappa shape index (κ3) is 6.68. The van der Waals surface area contributed by atoms with Crippen LogP contribution in [0.4, 0.5) is 0 Å². The summed E-state index contributed by atoms with van der Waals surface area (Å²) in [7, 11) is 0. The Morgan fingerprint density at radius 3 is 2.23 bits per heavy atom. The molecule has 7 heteroatoms. The van der Waals surface area contributed by atoms with E-state index < -0.39 is 11.9 Å². The lowest BCUT2D eigenvalue weighted by molar-refractivity contribution is -0.145. The molecular weight excluding hydrogens is 400 g/mol. The number of benzene rings is 2. The van der Waals surface area contributed by atoms with E-state index in [1.165, 1.54) is 0 Å². The molecule has 2 aromatic rings. The topological polar surface area (TPSA) is 84.5 Å². The van der Waals surface area contributed by atoms with Gasteiger partial charge in [-0.25, -0.2) is 0 Å². The summed E-state index contributed by atoms with van der Waals surface area (Å²) in [6, 6.07) is 14.4. The zero-order valence-corrected chi connectivity index (χ0v) is 15.8. The first kappa shape index (κ1) is 19.7. The van der Waals surface area contributed by atoms with Gasteiger partial charge in [-0.3, -0.25) is 14.4 Å². The molecule has 136 valence electrons. The number of rotatable bonds is 7. The van der Waals surface area contributed by atoms with Crippen LogP contribution in [0.5, 0.6) is 0 Å². The van der Waals surface area contributed by atoms with Crippen LogP contribution in [0.3, 0.4) is 0 Å². The summed E-state index contributed by atoms with van der Waals surface area (Å²) in [6.07, 6.45) is 0. The molecule has 0 radical (unpaired) electrons. The van der Waals surface area contributed by atoms with Gasteiger partial charge in [-0.15, -0.1) is 0 Å². The minimum atomic E-state index is -0.550. The lowest BCUT2D eigenvalue weighted by atomic mass is 10.1. The Hall–Kier alpha value is -2.67. The Morgan fingerprint density at radius 1 is 0.923 bits per heavy atom. The van der Waals surface area contributed by atoms with Crippen LogP contribution >= 0.6 is 15.9 Å². The third-order valence-electron chi connectivity index (χ3n) is 3.47. The maximum absolute atomic E-state index is 11.9. The Morgan fingerprint density at radius 2 is 1.58 bits per heavy atom. The van der Waals surface area contributed by atoms with Crippen LogP contribution < -0.4 is 10.6 Å². The average Bonchev–Trinajstić information content (AvgIpc) is 2.64. The smallest absolute Gasteiger partial charge is 0.325 e. The van der Waals surface area contributed by atoms with E-state index in [9.17, 15) is 14.4 Å².